The standard InChI is InChI=1S/C22H24N2O4S/c1-13-18(22(25)28-2)19(15-8-5-9-17(11-15)24(26)27)20-16(12-29-21(20)23-13)10-14-6-3-4-7-14/h5,8-9,11-12,14,19,23H,3-4,6-7,10H2,1-2H3. The smallest absolute Gasteiger partial charge is 0.336 e. The van der Waals surface area contributed by atoms with Gasteiger partial charge in [0.1, 0.15) is 0 Å². The maximum atomic E-state index is 12.7. The molecule has 1 N–H and O–H groups in total. The molecule has 2 heterocycles. The van der Waals surface area contributed by atoms with E-state index in [1.54, 1.807) is 23.5 Å². The van der Waals surface area contributed by atoms with Crippen LogP contribution in [-0.2, 0) is 16.0 Å². The first-order valence-corrected chi connectivity index (χ1v) is 10.8. The van der Waals surface area contributed by atoms with E-state index in [9.17, 15) is 14.9 Å². The molecule has 2 aromatic rings. The van der Waals surface area contributed by atoms with Gasteiger partial charge in [0.15, 0.2) is 0 Å². The maximum Gasteiger partial charge on any atom is 0.336 e. The van der Waals surface area contributed by atoms with Crippen LogP contribution in [0.3, 0.4) is 0 Å². The van der Waals surface area contributed by atoms with Crippen LogP contribution >= 0.6 is 11.3 Å². The fourth-order valence-corrected chi connectivity index (χ4v) is 5.70. The average molecular weight is 413 g/mol. The molecule has 1 atom stereocenters. The predicted molar refractivity (Wildman–Crippen MR) is 113 cm³/mol. The Morgan fingerprint density at radius 2 is 2.10 bits per heavy atom. The van der Waals surface area contributed by atoms with Gasteiger partial charge >= 0.3 is 5.97 Å². The summed E-state index contributed by atoms with van der Waals surface area (Å²) >= 11 is 1.64. The van der Waals surface area contributed by atoms with Crippen molar-refractivity contribution in [1.29, 1.82) is 0 Å². The molecular formula is C22H24N2O4S. The molecule has 7 heteroatoms. The van der Waals surface area contributed by atoms with Crippen molar-refractivity contribution in [2.75, 3.05) is 12.4 Å². The van der Waals surface area contributed by atoms with E-state index in [4.69, 9.17) is 4.74 Å². The Morgan fingerprint density at radius 3 is 2.79 bits per heavy atom. The number of nitrogens with zero attached hydrogens (tertiary/aromatic N) is 1. The second-order valence-corrected chi connectivity index (χ2v) is 8.68. The van der Waals surface area contributed by atoms with Gasteiger partial charge in [-0.2, -0.15) is 0 Å². The van der Waals surface area contributed by atoms with Gasteiger partial charge in [0, 0.05) is 29.3 Å². The second kappa shape index (κ2) is 7.99. The number of esters is 1. The molecule has 0 saturated heterocycles. The van der Waals surface area contributed by atoms with Gasteiger partial charge in [-0.15, -0.1) is 11.3 Å². The summed E-state index contributed by atoms with van der Waals surface area (Å²) in [5, 5.41) is 17.9. The van der Waals surface area contributed by atoms with Gasteiger partial charge in [0.25, 0.3) is 5.69 Å². The molecule has 1 aliphatic carbocycles. The van der Waals surface area contributed by atoms with Gasteiger partial charge in [-0.3, -0.25) is 10.1 Å². The Morgan fingerprint density at radius 1 is 1.34 bits per heavy atom. The number of non-ortho nitro benzene ring substituents is 1. The highest BCUT2D eigenvalue weighted by atomic mass is 32.1. The topological polar surface area (TPSA) is 81.5 Å². The third kappa shape index (κ3) is 3.67. The Hall–Kier alpha value is -2.67. The molecule has 0 spiro atoms. The minimum atomic E-state index is -0.407. The summed E-state index contributed by atoms with van der Waals surface area (Å²) in [7, 11) is 1.37. The number of hydrogen-bond acceptors (Lipinski definition) is 6. The number of nitrogens with one attached hydrogen (secondary N) is 1. The van der Waals surface area contributed by atoms with Gasteiger partial charge in [-0.05, 0) is 35.8 Å². The molecule has 0 bridgehead atoms. The zero-order valence-electron chi connectivity index (χ0n) is 16.6. The van der Waals surface area contributed by atoms with E-state index in [1.165, 1.54) is 44.4 Å². The first-order chi connectivity index (χ1) is 14.0. The van der Waals surface area contributed by atoms with Crippen molar-refractivity contribution in [3.05, 3.63) is 67.7 Å². The first-order valence-electron chi connectivity index (χ1n) is 9.90. The van der Waals surface area contributed by atoms with Crippen LogP contribution < -0.4 is 5.32 Å². The van der Waals surface area contributed by atoms with Crippen LogP contribution in [0, 0.1) is 16.0 Å². The largest absolute Gasteiger partial charge is 0.466 e. The fraction of sp³-hybridized carbons (Fsp3) is 0.409. The minimum Gasteiger partial charge on any atom is -0.466 e. The number of hydrogen-bond donors (Lipinski definition) is 1. The third-order valence-corrected chi connectivity index (χ3v) is 6.96. The van der Waals surface area contributed by atoms with Gasteiger partial charge in [-0.25, -0.2) is 4.79 Å². The van der Waals surface area contributed by atoms with E-state index in [2.05, 4.69) is 10.7 Å². The van der Waals surface area contributed by atoms with E-state index in [0.29, 0.717) is 11.5 Å². The minimum absolute atomic E-state index is 0.0250. The van der Waals surface area contributed by atoms with Crippen molar-refractivity contribution in [3.63, 3.8) is 0 Å². The second-order valence-electron chi connectivity index (χ2n) is 7.80. The predicted octanol–water partition coefficient (Wildman–Crippen LogP) is 5.39. The van der Waals surface area contributed by atoms with Gasteiger partial charge in [-0.1, -0.05) is 37.8 Å². The molecule has 1 unspecified atom stereocenters. The highest BCUT2D eigenvalue weighted by molar-refractivity contribution is 7.14. The Labute approximate surface area is 173 Å². The molecule has 2 aliphatic rings. The molecule has 1 aromatic heterocycles. The zero-order valence-corrected chi connectivity index (χ0v) is 17.4. The van der Waals surface area contributed by atoms with Crippen molar-refractivity contribution >= 4 is 28.0 Å². The Kier molecular flexibility index (Phi) is 5.41. The van der Waals surface area contributed by atoms with Crippen LogP contribution in [0.5, 0.6) is 0 Å². The number of carbonyl (C=O) groups is 1. The quantitative estimate of drug-likeness (QED) is 0.404. The number of thiophene rings is 1. The van der Waals surface area contributed by atoms with Crippen molar-refractivity contribution in [2.45, 2.75) is 44.9 Å². The first kappa shape index (κ1) is 19.6. The van der Waals surface area contributed by atoms with Crippen molar-refractivity contribution in [1.82, 2.24) is 0 Å². The monoisotopic (exact) mass is 412 g/mol. The molecule has 1 aliphatic heterocycles. The fourth-order valence-electron chi connectivity index (χ4n) is 4.63. The van der Waals surface area contributed by atoms with Crippen LogP contribution in [0.4, 0.5) is 10.7 Å². The third-order valence-electron chi connectivity index (χ3n) is 6.00. The lowest BCUT2D eigenvalue weighted by atomic mass is 9.79. The molecule has 1 fully saturated rings. The number of methoxy groups -OCH3 is 1. The summed E-state index contributed by atoms with van der Waals surface area (Å²) in [5.74, 6) is -0.121. The normalized spacial score (nSPS) is 19.0. The molecule has 0 radical (unpaired) electrons. The molecule has 152 valence electrons. The molecule has 1 saturated carbocycles. The molecule has 6 nitrogen and oxygen atoms in total. The van der Waals surface area contributed by atoms with Gasteiger partial charge in [0.05, 0.1) is 22.6 Å². The van der Waals surface area contributed by atoms with Crippen LogP contribution in [0.2, 0.25) is 0 Å². The molecule has 1 aromatic carbocycles. The molecule has 4 rings (SSSR count). The summed E-state index contributed by atoms with van der Waals surface area (Å²) in [6, 6.07) is 6.60. The number of ether oxygens (including phenoxy) is 1. The van der Waals surface area contributed by atoms with E-state index < -0.39 is 10.9 Å². The number of carbonyl (C=O) groups excluding carboxylic acids is 1. The van der Waals surface area contributed by atoms with E-state index >= 15 is 0 Å². The summed E-state index contributed by atoms with van der Waals surface area (Å²) in [4.78, 5) is 23.7. The lowest BCUT2D eigenvalue weighted by molar-refractivity contribution is -0.384. The highest BCUT2D eigenvalue weighted by Gasteiger charge is 2.36. The Bertz CT molecular complexity index is 988. The molecule has 0 amide bonds. The van der Waals surface area contributed by atoms with Crippen LogP contribution in [0.25, 0.3) is 0 Å². The summed E-state index contributed by atoms with van der Waals surface area (Å²) in [6.45, 7) is 1.86. The summed E-state index contributed by atoms with van der Waals surface area (Å²) in [5.41, 5.74) is 4.31. The number of fused-ring (bicyclic) bond motifs is 1. The van der Waals surface area contributed by atoms with Crippen molar-refractivity contribution in [3.8, 4) is 0 Å². The highest BCUT2D eigenvalue weighted by Crippen LogP contribution is 2.48. The number of rotatable bonds is 5. The van der Waals surface area contributed by atoms with E-state index in [0.717, 1.165) is 28.2 Å². The van der Waals surface area contributed by atoms with Crippen molar-refractivity contribution < 1.29 is 14.5 Å². The number of allylic oxidation sites excluding steroid dienone is 1. The molecular weight excluding hydrogens is 388 g/mol. The van der Waals surface area contributed by atoms with Gasteiger partial charge < -0.3 is 10.1 Å². The zero-order chi connectivity index (χ0) is 20.5. The lowest BCUT2D eigenvalue weighted by Crippen LogP contribution is -2.24. The number of nitro benzene ring substituents is 1. The summed E-state index contributed by atoms with van der Waals surface area (Å²) < 4.78 is 5.09. The molecule has 29 heavy (non-hydrogen) atoms. The summed E-state index contributed by atoms with van der Waals surface area (Å²) in [6.07, 6.45) is 5.99. The van der Waals surface area contributed by atoms with Crippen LogP contribution in [0.15, 0.2) is 40.9 Å². The average Bonchev–Trinajstić information content (AvgIpc) is 3.37. The van der Waals surface area contributed by atoms with E-state index in [1.807, 2.05) is 13.0 Å². The van der Waals surface area contributed by atoms with Crippen molar-refractivity contribution in [2.24, 2.45) is 5.92 Å². The number of anilines is 1. The lowest BCUT2D eigenvalue weighted by Gasteiger charge is -2.29. The van der Waals surface area contributed by atoms with E-state index in [-0.39, 0.29) is 11.6 Å². The van der Waals surface area contributed by atoms with Crippen LogP contribution in [0.1, 0.15) is 55.2 Å². The van der Waals surface area contributed by atoms with Gasteiger partial charge in [0.2, 0.25) is 0 Å². The maximum absolute atomic E-state index is 12.7. The SMILES string of the molecule is COC(=O)C1=C(C)Nc2scc(CC3CCCC3)c2C1c1cccc([N+](=O)[O-])c1. The Balaban J connectivity index is 1.85. The number of benzene rings is 1. The number of nitro groups is 1. The van der Waals surface area contributed by atoms with Crippen LogP contribution in [-0.4, -0.2) is 18.0 Å².